The second-order valence-electron chi connectivity index (χ2n) is 3.33. The maximum atomic E-state index is 11.0. The number of carboxylic acid groups (broad SMARTS) is 1. The van der Waals surface area contributed by atoms with E-state index in [4.69, 9.17) is 28.3 Å². The molecule has 0 spiro atoms. The Hall–Kier alpha value is -0.380. The van der Waals surface area contributed by atoms with Crippen molar-refractivity contribution in [1.82, 2.24) is 0 Å². The number of aliphatic carboxylic acids is 1. The highest BCUT2D eigenvalue weighted by Gasteiger charge is 2.27. The Bertz CT molecular complexity index is 420. The summed E-state index contributed by atoms with van der Waals surface area (Å²) in [5.41, 5.74) is 0.785. The minimum absolute atomic E-state index is 0.421. The molecule has 1 N–H and O–H groups in total. The highest BCUT2D eigenvalue weighted by atomic mass is 35.5. The van der Waals surface area contributed by atoms with Gasteiger partial charge in [0.2, 0.25) is 0 Å². The molecule has 2 nitrogen and oxygen atoms in total. The highest BCUT2D eigenvalue weighted by Crippen LogP contribution is 2.41. The molecule has 0 bridgehead atoms. The Morgan fingerprint density at radius 2 is 2.07 bits per heavy atom. The second-order valence-corrected chi connectivity index (χ2v) is 5.28. The number of rotatable bonds is 1. The van der Waals surface area contributed by atoms with Crippen molar-refractivity contribution in [2.24, 2.45) is 0 Å². The summed E-state index contributed by atoms with van der Waals surface area (Å²) in [7, 11) is 0. The van der Waals surface area contributed by atoms with Crippen LogP contribution in [0.25, 0.3) is 0 Å². The Morgan fingerprint density at radius 1 is 1.40 bits per heavy atom. The number of benzene rings is 1. The third-order valence-corrected chi connectivity index (χ3v) is 4.22. The van der Waals surface area contributed by atoms with E-state index >= 15 is 0 Å². The molecule has 15 heavy (non-hydrogen) atoms. The van der Waals surface area contributed by atoms with Gasteiger partial charge in [-0.25, -0.2) is 0 Å². The summed E-state index contributed by atoms with van der Waals surface area (Å²) in [6, 6.07) is 3.42. The molecule has 0 amide bonds. The van der Waals surface area contributed by atoms with Gasteiger partial charge >= 0.3 is 5.97 Å². The fourth-order valence-electron chi connectivity index (χ4n) is 1.64. The lowest BCUT2D eigenvalue weighted by molar-refractivity contribution is -0.138. The Kier molecular flexibility index (Phi) is 3.14. The minimum Gasteiger partial charge on any atom is -0.481 e. The molecular weight excluding hydrogens is 255 g/mol. The molecule has 5 heteroatoms. The molecule has 1 atom stereocenters. The van der Waals surface area contributed by atoms with Crippen molar-refractivity contribution in [2.45, 2.75) is 17.2 Å². The summed E-state index contributed by atoms with van der Waals surface area (Å²) in [6.07, 6.45) is 0.644. The van der Waals surface area contributed by atoms with Gasteiger partial charge in [-0.05, 0) is 29.9 Å². The molecule has 0 saturated carbocycles. The molecule has 0 fully saturated rings. The van der Waals surface area contributed by atoms with Crippen LogP contribution in [0.2, 0.25) is 10.0 Å². The predicted octanol–water partition coefficient (Wildman–Crippen LogP) is 3.66. The van der Waals surface area contributed by atoms with Gasteiger partial charge in [-0.2, -0.15) is 0 Å². The SMILES string of the molecule is O=C(O)C1CCSc2cc(Cl)c(Cl)cc21. The zero-order chi connectivity index (χ0) is 11.0. The van der Waals surface area contributed by atoms with Crippen LogP contribution in [0.3, 0.4) is 0 Å². The van der Waals surface area contributed by atoms with E-state index in [9.17, 15) is 4.79 Å². The van der Waals surface area contributed by atoms with Gasteiger partial charge in [-0.15, -0.1) is 11.8 Å². The highest BCUT2D eigenvalue weighted by molar-refractivity contribution is 7.99. The van der Waals surface area contributed by atoms with E-state index in [1.54, 1.807) is 23.9 Å². The van der Waals surface area contributed by atoms with Gasteiger partial charge < -0.3 is 5.11 Å². The number of hydrogen-bond donors (Lipinski definition) is 1. The lowest BCUT2D eigenvalue weighted by Gasteiger charge is -2.22. The first-order chi connectivity index (χ1) is 7.09. The normalized spacial score (nSPS) is 19.7. The molecule has 1 aliphatic rings. The lowest BCUT2D eigenvalue weighted by atomic mass is 9.96. The monoisotopic (exact) mass is 262 g/mol. The molecule has 0 saturated heterocycles. The summed E-state index contributed by atoms with van der Waals surface area (Å²) in [5.74, 6) is -0.437. The van der Waals surface area contributed by atoms with Crippen molar-refractivity contribution in [2.75, 3.05) is 5.75 Å². The Morgan fingerprint density at radius 3 is 2.73 bits per heavy atom. The number of carboxylic acids is 1. The van der Waals surface area contributed by atoms with Crippen LogP contribution < -0.4 is 0 Å². The molecular formula is C10H8Cl2O2S. The summed E-state index contributed by atoms with van der Waals surface area (Å²) in [5, 5.41) is 9.96. The molecule has 1 heterocycles. The molecule has 1 aromatic carbocycles. The van der Waals surface area contributed by atoms with Gasteiger partial charge in [0.25, 0.3) is 0 Å². The third-order valence-electron chi connectivity index (χ3n) is 2.39. The molecule has 0 radical (unpaired) electrons. The first kappa shape index (κ1) is 11.1. The molecule has 1 aromatic rings. The van der Waals surface area contributed by atoms with E-state index in [1.165, 1.54) is 0 Å². The smallest absolute Gasteiger partial charge is 0.311 e. The molecule has 0 aliphatic carbocycles. The topological polar surface area (TPSA) is 37.3 Å². The van der Waals surface area contributed by atoms with E-state index in [0.29, 0.717) is 16.5 Å². The first-order valence-corrected chi connectivity index (χ1v) is 6.18. The number of fused-ring (bicyclic) bond motifs is 1. The first-order valence-electron chi connectivity index (χ1n) is 4.44. The van der Waals surface area contributed by atoms with Crippen LogP contribution in [-0.2, 0) is 4.79 Å². The van der Waals surface area contributed by atoms with Gasteiger partial charge in [0.05, 0.1) is 16.0 Å². The van der Waals surface area contributed by atoms with Crippen molar-refractivity contribution in [1.29, 1.82) is 0 Å². The number of hydrogen-bond acceptors (Lipinski definition) is 2. The zero-order valence-electron chi connectivity index (χ0n) is 7.67. The molecule has 2 rings (SSSR count). The lowest BCUT2D eigenvalue weighted by Crippen LogP contribution is -2.16. The van der Waals surface area contributed by atoms with E-state index in [1.807, 2.05) is 0 Å². The number of thioether (sulfide) groups is 1. The van der Waals surface area contributed by atoms with Gasteiger partial charge in [0.15, 0.2) is 0 Å². The summed E-state index contributed by atoms with van der Waals surface area (Å²) >= 11 is 13.4. The standard InChI is InChI=1S/C10H8Cl2O2S/c11-7-3-6-5(10(13)14)1-2-15-9(6)4-8(7)12/h3-5H,1-2H2,(H,13,14). The molecule has 80 valence electrons. The summed E-state index contributed by atoms with van der Waals surface area (Å²) in [4.78, 5) is 12.0. The Balaban J connectivity index is 2.51. The van der Waals surface area contributed by atoms with Crippen LogP contribution in [0.1, 0.15) is 17.9 Å². The Labute approximate surface area is 102 Å². The van der Waals surface area contributed by atoms with Crippen molar-refractivity contribution in [3.63, 3.8) is 0 Å². The van der Waals surface area contributed by atoms with E-state index in [-0.39, 0.29) is 0 Å². The third kappa shape index (κ3) is 2.10. The van der Waals surface area contributed by atoms with E-state index in [2.05, 4.69) is 0 Å². The molecule has 1 aliphatic heterocycles. The van der Waals surface area contributed by atoms with Crippen molar-refractivity contribution in [3.8, 4) is 0 Å². The van der Waals surface area contributed by atoms with Crippen molar-refractivity contribution < 1.29 is 9.90 Å². The largest absolute Gasteiger partial charge is 0.481 e. The van der Waals surface area contributed by atoms with Crippen LogP contribution >= 0.6 is 35.0 Å². The average molecular weight is 263 g/mol. The van der Waals surface area contributed by atoms with Gasteiger partial charge in [-0.1, -0.05) is 23.2 Å². The summed E-state index contributed by atoms with van der Waals surface area (Å²) < 4.78 is 0. The predicted molar refractivity (Wildman–Crippen MR) is 62.2 cm³/mol. The van der Waals surface area contributed by atoms with E-state index in [0.717, 1.165) is 16.2 Å². The fourth-order valence-corrected chi connectivity index (χ4v) is 3.18. The van der Waals surface area contributed by atoms with Crippen LogP contribution in [0, 0.1) is 0 Å². The van der Waals surface area contributed by atoms with Crippen LogP contribution in [-0.4, -0.2) is 16.8 Å². The number of carbonyl (C=O) groups is 1. The summed E-state index contributed by atoms with van der Waals surface area (Å²) in [6.45, 7) is 0. The van der Waals surface area contributed by atoms with Crippen LogP contribution in [0.5, 0.6) is 0 Å². The molecule has 1 unspecified atom stereocenters. The van der Waals surface area contributed by atoms with Gasteiger partial charge in [0, 0.05) is 4.90 Å². The van der Waals surface area contributed by atoms with E-state index < -0.39 is 11.9 Å². The minimum atomic E-state index is -0.796. The van der Waals surface area contributed by atoms with Crippen molar-refractivity contribution in [3.05, 3.63) is 27.7 Å². The van der Waals surface area contributed by atoms with Gasteiger partial charge in [-0.3, -0.25) is 4.79 Å². The van der Waals surface area contributed by atoms with Gasteiger partial charge in [0.1, 0.15) is 0 Å². The average Bonchev–Trinajstić information content (AvgIpc) is 2.18. The maximum absolute atomic E-state index is 11.0. The van der Waals surface area contributed by atoms with Crippen LogP contribution in [0.15, 0.2) is 17.0 Å². The zero-order valence-corrected chi connectivity index (χ0v) is 9.99. The quantitative estimate of drug-likeness (QED) is 0.840. The maximum Gasteiger partial charge on any atom is 0.311 e. The molecule has 0 aromatic heterocycles. The van der Waals surface area contributed by atoms with Crippen molar-refractivity contribution >= 4 is 40.9 Å². The number of halogens is 2. The van der Waals surface area contributed by atoms with Crippen LogP contribution in [0.4, 0.5) is 0 Å². The fraction of sp³-hybridized carbons (Fsp3) is 0.300. The second kappa shape index (κ2) is 4.24.